The Morgan fingerprint density at radius 1 is 0.950 bits per heavy atom. The van der Waals surface area contributed by atoms with E-state index in [1.54, 1.807) is 0 Å². The summed E-state index contributed by atoms with van der Waals surface area (Å²) in [7, 11) is 0. The molecule has 3 fully saturated rings. The maximum Gasteiger partial charge on any atom is 0.326 e. The highest BCUT2D eigenvalue weighted by atomic mass is 16.4. The van der Waals surface area contributed by atoms with Gasteiger partial charge in [0.1, 0.15) is 6.04 Å². The van der Waals surface area contributed by atoms with Crippen molar-refractivity contribution in [2.24, 2.45) is 23.7 Å². The number of carboxylic acid groups (broad SMARTS) is 1. The number of carboxylic acids is 1. The zero-order valence-electron chi connectivity index (χ0n) is 12.0. The Balaban J connectivity index is 1.55. The summed E-state index contributed by atoms with van der Waals surface area (Å²) in [6.45, 7) is 0. The SMILES string of the molecule is O=C(NC(C(=O)O)C1CC1)C1CCC2CCCCC2C1. The van der Waals surface area contributed by atoms with Crippen molar-refractivity contribution in [1.82, 2.24) is 5.32 Å². The van der Waals surface area contributed by atoms with Crippen LogP contribution in [0.5, 0.6) is 0 Å². The topological polar surface area (TPSA) is 66.4 Å². The van der Waals surface area contributed by atoms with E-state index in [2.05, 4.69) is 5.32 Å². The van der Waals surface area contributed by atoms with Crippen molar-refractivity contribution in [2.45, 2.75) is 63.8 Å². The van der Waals surface area contributed by atoms with E-state index < -0.39 is 12.0 Å². The minimum atomic E-state index is -0.868. The van der Waals surface area contributed by atoms with Crippen LogP contribution < -0.4 is 5.32 Å². The normalized spacial score (nSPS) is 34.9. The van der Waals surface area contributed by atoms with Crippen molar-refractivity contribution in [1.29, 1.82) is 0 Å². The molecular weight excluding hydrogens is 254 g/mol. The Bertz CT molecular complexity index is 391. The molecule has 3 saturated carbocycles. The van der Waals surface area contributed by atoms with Gasteiger partial charge in [-0.2, -0.15) is 0 Å². The van der Waals surface area contributed by atoms with Gasteiger partial charge in [-0.25, -0.2) is 4.79 Å². The zero-order chi connectivity index (χ0) is 14.1. The van der Waals surface area contributed by atoms with Gasteiger partial charge < -0.3 is 10.4 Å². The van der Waals surface area contributed by atoms with E-state index >= 15 is 0 Å². The number of rotatable bonds is 4. The fourth-order valence-corrected chi connectivity index (χ4v) is 4.19. The minimum absolute atomic E-state index is 0.00618. The van der Waals surface area contributed by atoms with Gasteiger partial charge in [0.15, 0.2) is 0 Å². The number of hydrogen-bond donors (Lipinski definition) is 2. The highest BCUT2D eigenvalue weighted by molar-refractivity contribution is 5.85. The summed E-state index contributed by atoms with van der Waals surface area (Å²) >= 11 is 0. The minimum Gasteiger partial charge on any atom is -0.480 e. The quantitative estimate of drug-likeness (QED) is 0.831. The molecule has 0 saturated heterocycles. The van der Waals surface area contributed by atoms with Crippen LogP contribution in [0.15, 0.2) is 0 Å². The molecule has 0 aromatic carbocycles. The predicted octanol–water partition coefficient (Wildman–Crippen LogP) is 2.57. The smallest absolute Gasteiger partial charge is 0.326 e. The number of hydrogen-bond acceptors (Lipinski definition) is 2. The van der Waals surface area contributed by atoms with Crippen molar-refractivity contribution in [3.63, 3.8) is 0 Å². The van der Waals surface area contributed by atoms with E-state index in [0.717, 1.165) is 38.0 Å². The molecular formula is C16H25NO3. The standard InChI is InChI=1S/C16H25NO3/c18-15(17-14(16(19)20)11-6-7-11)13-8-5-10-3-1-2-4-12(10)9-13/h10-14H,1-9H2,(H,17,18)(H,19,20). The van der Waals surface area contributed by atoms with Gasteiger partial charge in [-0.1, -0.05) is 25.7 Å². The Labute approximate surface area is 120 Å². The van der Waals surface area contributed by atoms with Crippen LogP contribution in [-0.4, -0.2) is 23.0 Å². The lowest BCUT2D eigenvalue weighted by atomic mass is 9.67. The lowest BCUT2D eigenvalue weighted by molar-refractivity contribution is -0.143. The van der Waals surface area contributed by atoms with E-state index in [1.807, 2.05) is 0 Å². The van der Waals surface area contributed by atoms with Crippen LogP contribution in [0.4, 0.5) is 0 Å². The first-order valence-corrected chi connectivity index (χ1v) is 8.18. The monoisotopic (exact) mass is 279 g/mol. The lowest BCUT2D eigenvalue weighted by Crippen LogP contribution is -2.46. The molecule has 4 unspecified atom stereocenters. The van der Waals surface area contributed by atoms with Crippen molar-refractivity contribution in [3.05, 3.63) is 0 Å². The average molecular weight is 279 g/mol. The van der Waals surface area contributed by atoms with Crippen LogP contribution in [0.3, 0.4) is 0 Å². The molecule has 2 N–H and O–H groups in total. The second kappa shape index (κ2) is 5.74. The average Bonchev–Trinajstić information content (AvgIpc) is 3.28. The number of amides is 1. The van der Waals surface area contributed by atoms with E-state index in [1.165, 1.54) is 25.7 Å². The molecule has 0 heterocycles. The zero-order valence-corrected chi connectivity index (χ0v) is 12.0. The largest absolute Gasteiger partial charge is 0.480 e. The van der Waals surface area contributed by atoms with Crippen LogP contribution in [0, 0.1) is 23.7 Å². The van der Waals surface area contributed by atoms with Gasteiger partial charge in [0.05, 0.1) is 0 Å². The first-order chi connectivity index (χ1) is 9.65. The third-order valence-electron chi connectivity index (χ3n) is 5.57. The maximum absolute atomic E-state index is 12.3. The third kappa shape index (κ3) is 2.99. The van der Waals surface area contributed by atoms with Crippen LogP contribution >= 0.6 is 0 Å². The Morgan fingerprint density at radius 3 is 2.30 bits per heavy atom. The van der Waals surface area contributed by atoms with Gasteiger partial charge >= 0.3 is 5.97 Å². The van der Waals surface area contributed by atoms with Gasteiger partial charge in [-0.3, -0.25) is 4.79 Å². The second-order valence-corrected chi connectivity index (χ2v) is 6.98. The highest BCUT2D eigenvalue weighted by Crippen LogP contribution is 2.43. The Kier molecular flexibility index (Phi) is 3.99. The fourth-order valence-electron chi connectivity index (χ4n) is 4.19. The molecule has 3 rings (SSSR count). The van der Waals surface area contributed by atoms with Gasteiger partial charge in [0, 0.05) is 5.92 Å². The third-order valence-corrected chi connectivity index (χ3v) is 5.57. The molecule has 0 spiro atoms. The summed E-state index contributed by atoms with van der Waals surface area (Å²) < 4.78 is 0. The fraction of sp³-hybridized carbons (Fsp3) is 0.875. The summed E-state index contributed by atoms with van der Waals surface area (Å²) in [6, 6.07) is -0.647. The first kappa shape index (κ1) is 13.9. The summed E-state index contributed by atoms with van der Waals surface area (Å²) in [6.07, 6.45) is 10.2. The molecule has 4 atom stereocenters. The van der Waals surface area contributed by atoms with Crippen molar-refractivity contribution >= 4 is 11.9 Å². The molecule has 20 heavy (non-hydrogen) atoms. The number of carbonyl (C=O) groups excluding carboxylic acids is 1. The Morgan fingerprint density at radius 2 is 1.65 bits per heavy atom. The van der Waals surface area contributed by atoms with Gasteiger partial charge in [-0.15, -0.1) is 0 Å². The molecule has 0 aromatic rings. The van der Waals surface area contributed by atoms with Gasteiger partial charge in [-0.05, 0) is 49.9 Å². The van der Waals surface area contributed by atoms with E-state index in [4.69, 9.17) is 0 Å². The van der Waals surface area contributed by atoms with Crippen molar-refractivity contribution in [2.75, 3.05) is 0 Å². The molecule has 1 amide bonds. The van der Waals surface area contributed by atoms with Crippen LogP contribution in [0.25, 0.3) is 0 Å². The predicted molar refractivity (Wildman–Crippen MR) is 75.1 cm³/mol. The lowest BCUT2D eigenvalue weighted by Gasteiger charge is -2.39. The molecule has 0 radical (unpaired) electrons. The maximum atomic E-state index is 12.3. The number of fused-ring (bicyclic) bond motifs is 1. The summed E-state index contributed by atoms with van der Waals surface area (Å²) in [5.74, 6) is 0.877. The molecule has 4 nitrogen and oxygen atoms in total. The molecule has 0 aromatic heterocycles. The summed E-state index contributed by atoms with van der Waals surface area (Å²) in [5.41, 5.74) is 0. The summed E-state index contributed by atoms with van der Waals surface area (Å²) in [4.78, 5) is 23.6. The number of carbonyl (C=O) groups is 2. The van der Waals surface area contributed by atoms with E-state index in [9.17, 15) is 14.7 Å². The molecule has 3 aliphatic carbocycles. The van der Waals surface area contributed by atoms with Crippen LogP contribution in [0.2, 0.25) is 0 Å². The highest BCUT2D eigenvalue weighted by Gasteiger charge is 2.40. The molecule has 4 heteroatoms. The van der Waals surface area contributed by atoms with Gasteiger partial charge in [0.2, 0.25) is 5.91 Å². The van der Waals surface area contributed by atoms with Gasteiger partial charge in [0.25, 0.3) is 0 Å². The number of nitrogens with one attached hydrogen (secondary N) is 1. The van der Waals surface area contributed by atoms with Crippen molar-refractivity contribution in [3.8, 4) is 0 Å². The Hall–Kier alpha value is -1.06. The first-order valence-electron chi connectivity index (χ1n) is 8.18. The second-order valence-electron chi connectivity index (χ2n) is 6.98. The molecule has 0 aliphatic heterocycles. The van der Waals surface area contributed by atoms with E-state index in [-0.39, 0.29) is 17.7 Å². The number of aliphatic carboxylic acids is 1. The van der Waals surface area contributed by atoms with Crippen molar-refractivity contribution < 1.29 is 14.7 Å². The molecule has 112 valence electrons. The van der Waals surface area contributed by atoms with Crippen LogP contribution in [-0.2, 0) is 9.59 Å². The van der Waals surface area contributed by atoms with Crippen LogP contribution in [0.1, 0.15) is 57.8 Å². The summed E-state index contributed by atoms with van der Waals surface area (Å²) in [5, 5.41) is 12.0. The van der Waals surface area contributed by atoms with E-state index in [0.29, 0.717) is 5.92 Å². The molecule has 0 bridgehead atoms. The molecule has 3 aliphatic rings.